The van der Waals surface area contributed by atoms with Gasteiger partial charge < -0.3 is 9.64 Å². The number of ether oxygens (including phenoxy) is 1. The average molecular weight is 335 g/mol. The zero-order valence-electron chi connectivity index (χ0n) is 14.2. The Morgan fingerprint density at radius 2 is 1.80 bits per heavy atom. The molecular formula is C21H21NO3. The maximum absolute atomic E-state index is 12.6. The summed E-state index contributed by atoms with van der Waals surface area (Å²) in [6.45, 7) is 0.782. The molecule has 0 saturated carbocycles. The Labute approximate surface area is 147 Å². The standard InChI is InChI=1S/C21H21NO3/c1-25-21(24)18-12-9-16(10-13-18)11-14-20(23)22-15-5-8-19(22)17-6-3-2-4-7-17/h2-4,6-7,9-14,19H,5,8,15H2,1H3/b14-11+. The maximum Gasteiger partial charge on any atom is 0.337 e. The Kier molecular flexibility index (Phi) is 5.29. The molecule has 128 valence electrons. The second kappa shape index (κ2) is 7.79. The van der Waals surface area contributed by atoms with Crippen LogP contribution in [0.5, 0.6) is 0 Å². The number of carbonyl (C=O) groups excluding carboxylic acids is 2. The molecule has 1 amide bonds. The van der Waals surface area contributed by atoms with Crippen LogP contribution in [0.1, 0.15) is 40.4 Å². The van der Waals surface area contributed by atoms with Crippen LogP contribution in [-0.2, 0) is 9.53 Å². The van der Waals surface area contributed by atoms with Gasteiger partial charge in [0.2, 0.25) is 5.91 Å². The minimum Gasteiger partial charge on any atom is -0.465 e. The number of methoxy groups -OCH3 is 1. The lowest BCUT2D eigenvalue weighted by molar-refractivity contribution is -0.126. The molecule has 0 radical (unpaired) electrons. The normalized spacial score (nSPS) is 17.0. The second-order valence-corrected chi connectivity index (χ2v) is 6.05. The summed E-state index contributed by atoms with van der Waals surface area (Å²) in [5.74, 6) is -0.349. The zero-order chi connectivity index (χ0) is 17.6. The van der Waals surface area contributed by atoms with Gasteiger partial charge in [0.25, 0.3) is 0 Å². The molecule has 2 aromatic carbocycles. The molecule has 0 spiro atoms. The molecule has 1 aliphatic heterocycles. The van der Waals surface area contributed by atoms with E-state index < -0.39 is 0 Å². The molecule has 1 fully saturated rings. The number of likely N-dealkylation sites (tertiary alicyclic amines) is 1. The van der Waals surface area contributed by atoms with Gasteiger partial charge in [-0.2, -0.15) is 0 Å². The van der Waals surface area contributed by atoms with Gasteiger partial charge in [0, 0.05) is 12.6 Å². The summed E-state index contributed by atoms with van der Waals surface area (Å²) in [5, 5.41) is 0. The zero-order valence-corrected chi connectivity index (χ0v) is 14.2. The predicted octanol–water partition coefficient (Wildman–Crippen LogP) is 3.85. The van der Waals surface area contributed by atoms with Crippen LogP contribution in [0, 0.1) is 0 Å². The van der Waals surface area contributed by atoms with E-state index in [1.165, 1.54) is 12.7 Å². The third kappa shape index (κ3) is 3.97. The highest BCUT2D eigenvalue weighted by Gasteiger charge is 2.28. The van der Waals surface area contributed by atoms with Crippen molar-refractivity contribution in [3.8, 4) is 0 Å². The molecule has 0 aliphatic carbocycles. The van der Waals surface area contributed by atoms with E-state index in [2.05, 4.69) is 16.9 Å². The predicted molar refractivity (Wildman–Crippen MR) is 96.9 cm³/mol. The van der Waals surface area contributed by atoms with Crippen LogP contribution in [0.2, 0.25) is 0 Å². The maximum atomic E-state index is 12.6. The van der Waals surface area contributed by atoms with Crippen LogP contribution >= 0.6 is 0 Å². The third-order valence-electron chi connectivity index (χ3n) is 4.47. The SMILES string of the molecule is COC(=O)c1ccc(/C=C/C(=O)N2CCCC2c2ccccc2)cc1. The highest BCUT2D eigenvalue weighted by molar-refractivity contribution is 5.93. The topological polar surface area (TPSA) is 46.6 Å². The number of hydrogen-bond acceptors (Lipinski definition) is 3. The molecule has 4 heteroatoms. The molecule has 1 heterocycles. The summed E-state index contributed by atoms with van der Waals surface area (Å²) >= 11 is 0. The summed E-state index contributed by atoms with van der Waals surface area (Å²) in [7, 11) is 1.36. The summed E-state index contributed by atoms with van der Waals surface area (Å²) < 4.78 is 4.68. The van der Waals surface area contributed by atoms with Gasteiger partial charge in [-0.1, -0.05) is 42.5 Å². The Hall–Kier alpha value is -2.88. The van der Waals surface area contributed by atoms with Crippen molar-refractivity contribution >= 4 is 18.0 Å². The van der Waals surface area contributed by atoms with Crippen molar-refractivity contribution in [1.29, 1.82) is 0 Å². The smallest absolute Gasteiger partial charge is 0.337 e. The van der Waals surface area contributed by atoms with Gasteiger partial charge in [0.1, 0.15) is 0 Å². The second-order valence-electron chi connectivity index (χ2n) is 6.05. The molecule has 1 aliphatic rings. The minimum absolute atomic E-state index is 0.0170. The highest BCUT2D eigenvalue weighted by Crippen LogP contribution is 2.31. The molecule has 0 bridgehead atoms. The van der Waals surface area contributed by atoms with Gasteiger partial charge in [-0.15, -0.1) is 0 Å². The number of carbonyl (C=O) groups is 2. The van der Waals surface area contributed by atoms with E-state index in [1.807, 2.05) is 23.1 Å². The van der Waals surface area contributed by atoms with E-state index in [1.54, 1.807) is 36.4 Å². The Morgan fingerprint density at radius 3 is 2.48 bits per heavy atom. The molecule has 0 aromatic heterocycles. The van der Waals surface area contributed by atoms with Crippen LogP contribution in [0.4, 0.5) is 0 Å². The summed E-state index contributed by atoms with van der Waals surface area (Å²) in [6, 6.07) is 17.3. The van der Waals surface area contributed by atoms with E-state index in [4.69, 9.17) is 0 Å². The van der Waals surface area contributed by atoms with Gasteiger partial charge in [-0.25, -0.2) is 4.79 Å². The average Bonchev–Trinajstić information content (AvgIpc) is 3.16. The first-order chi connectivity index (χ1) is 12.2. The first-order valence-corrected chi connectivity index (χ1v) is 8.41. The first-order valence-electron chi connectivity index (χ1n) is 8.41. The summed E-state index contributed by atoms with van der Waals surface area (Å²) in [4.78, 5) is 25.9. The Balaban J connectivity index is 1.69. The number of hydrogen-bond donors (Lipinski definition) is 0. The van der Waals surface area contributed by atoms with Crippen LogP contribution in [0.15, 0.2) is 60.7 Å². The number of amides is 1. The molecule has 3 rings (SSSR count). The molecule has 1 unspecified atom stereocenters. The molecule has 25 heavy (non-hydrogen) atoms. The number of rotatable bonds is 4. The van der Waals surface area contributed by atoms with Crippen LogP contribution in [-0.4, -0.2) is 30.4 Å². The monoisotopic (exact) mass is 335 g/mol. The van der Waals surface area contributed by atoms with Crippen molar-refractivity contribution in [3.05, 3.63) is 77.4 Å². The fourth-order valence-electron chi connectivity index (χ4n) is 3.16. The molecule has 0 N–H and O–H groups in total. The fourth-order valence-corrected chi connectivity index (χ4v) is 3.16. The van der Waals surface area contributed by atoms with E-state index in [-0.39, 0.29) is 17.9 Å². The molecule has 1 saturated heterocycles. The number of esters is 1. The van der Waals surface area contributed by atoms with E-state index in [0.717, 1.165) is 24.9 Å². The van der Waals surface area contributed by atoms with Crippen molar-refractivity contribution in [2.45, 2.75) is 18.9 Å². The van der Waals surface area contributed by atoms with E-state index in [0.29, 0.717) is 5.56 Å². The molecule has 2 aromatic rings. The highest BCUT2D eigenvalue weighted by atomic mass is 16.5. The Morgan fingerprint density at radius 1 is 1.08 bits per heavy atom. The van der Waals surface area contributed by atoms with Gasteiger partial charge in [0.05, 0.1) is 18.7 Å². The van der Waals surface area contributed by atoms with Crippen molar-refractivity contribution in [3.63, 3.8) is 0 Å². The van der Waals surface area contributed by atoms with E-state index >= 15 is 0 Å². The summed E-state index contributed by atoms with van der Waals surface area (Å²) in [6.07, 6.45) is 5.41. The van der Waals surface area contributed by atoms with Gasteiger partial charge in [-0.05, 0) is 42.2 Å². The van der Waals surface area contributed by atoms with Crippen molar-refractivity contribution < 1.29 is 14.3 Å². The van der Waals surface area contributed by atoms with Crippen molar-refractivity contribution in [2.75, 3.05) is 13.7 Å². The molecule has 1 atom stereocenters. The van der Waals surface area contributed by atoms with Crippen LogP contribution in [0.3, 0.4) is 0 Å². The number of nitrogens with zero attached hydrogens (tertiary/aromatic N) is 1. The summed E-state index contributed by atoms with van der Waals surface area (Å²) in [5.41, 5.74) is 2.55. The lowest BCUT2D eigenvalue weighted by Crippen LogP contribution is -2.28. The molecule has 4 nitrogen and oxygen atoms in total. The minimum atomic E-state index is -0.366. The lowest BCUT2D eigenvalue weighted by atomic mass is 10.0. The van der Waals surface area contributed by atoms with Crippen molar-refractivity contribution in [2.24, 2.45) is 0 Å². The van der Waals surface area contributed by atoms with Crippen LogP contribution < -0.4 is 0 Å². The van der Waals surface area contributed by atoms with Crippen LogP contribution in [0.25, 0.3) is 6.08 Å². The quantitative estimate of drug-likeness (QED) is 0.630. The Bertz CT molecular complexity index is 765. The van der Waals surface area contributed by atoms with Gasteiger partial charge >= 0.3 is 5.97 Å². The van der Waals surface area contributed by atoms with Gasteiger partial charge in [-0.3, -0.25) is 4.79 Å². The molecular weight excluding hydrogens is 314 g/mol. The largest absolute Gasteiger partial charge is 0.465 e. The fraction of sp³-hybridized carbons (Fsp3) is 0.238. The number of benzene rings is 2. The van der Waals surface area contributed by atoms with Crippen molar-refractivity contribution in [1.82, 2.24) is 4.90 Å². The first kappa shape index (κ1) is 17.0. The third-order valence-corrected chi connectivity index (χ3v) is 4.47. The van der Waals surface area contributed by atoms with Gasteiger partial charge in [0.15, 0.2) is 0 Å². The van der Waals surface area contributed by atoms with E-state index in [9.17, 15) is 9.59 Å². The lowest BCUT2D eigenvalue weighted by Gasteiger charge is -2.23.